The van der Waals surface area contributed by atoms with Crippen LogP contribution in [-0.2, 0) is 12.6 Å². The second-order valence-electron chi connectivity index (χ2n) is 6.92. The highest BCUT2D eigenvalue weighted by molar-refractivity contribution is 6.31. The van der Waals surface area contributed by atoms with Crippen LogP contribution in [-0.4, -0.2) is 11.5 Å². The average Bonchev–Trinajstić information content (AvgIpc) is 2.93. The number of hydrogen-bond donors (Lipinski definition) is 2. The first-order valence-electron chi connectivity index (χ1n) is 8.91. The van der Waals surface area contributed by atoms with Crippen LogP contribution in [0.4, 0.5) is 13.2 Å². The van der Waals surface area contributed by atoms with E-state index in [2.05, 4.69) is 17.1 Å². The van der Waals surface area contributed by atoms with E-state index in [0.717, 1.165) is 58.6 Å². The number of alkyl halides is 3. The average molecular weight is 395 g/mol. The lowest BCUT2D eigenvalue weighted by Crippen LogP contribution is -2.06. The van der Waals surface area contributed by atoms with Crippen LogP contribution in [0.15, 0.2) is 30.3 Å². The summed E-state index contributed by atoms with van der Waals surface area (Å²) in [5.74, 6) is 0. The minimum atomic E-state index is -4.49. The van der Waals surface area contributed by atoms with Gasteiger partial charge < -0.3 is 10.7 Å². The zero-order valence-corrected chi connectivity index (χ0v) is 16.1. The molecule has 0 fully saturated rings. The van der Waals surface area contributed by atoms with E-state index in [-0.39, 0.29) is 5.02 Å². The van der Waals surface area contributed by atoms with Crippen molar-refractivity contribution >= 4 is 22.5 Å². The predicted octanol–water partition coefficient (Wildman–Crippen LogP) is 6.41. The summed E-state index contributed by atoms with van der Waals surface area (Å²) in [6, 6.07) is 8.22. The SMILES string of the molecule is Cc1cc(C)c2[nH]c(-c3ccc(Cl)c(C(F)(F)F)c3)c(CCCCN)c2c1. The van der Waals surface area contributed by atoms with Crippen LogP contribution < -0.4 is 5.73 Å². The molecule has 3 rings (SSSR count). The maximum Gasteiger partial charge on any atom is 0.417 e. The summed E-state index contributed by atoms with van der Waals surface area (Å²) in [4.78, 5) is 3.36. The van der Waals surface area contributed by atoms with Crippen molar-refractivity contribution in [2.24, 2.45) is 5.73 Å². The normalized spacial score (nSPS) is 12.1. The maximum atomic E-state index is 13.3. The van der Waals surface area contributed by atoms with E-state index < -0.39 is 11.7 Å². The van der Waals surface area contributed by atoms with Gasteiger partial charge in [0.25, 0.3) is 0 Å². The molecule has 0 atom stereocenters. The fourth-order valence-electron chi connectivity index (χ4n) is 3.56. The molecule has 3 aromatic rings. The summed E-state index contributed by atoms with van der Waals surface area (Å²) >= 11 is 5.79. The summed E-state index contributed by atoms with van der Waals surface area (Å²) < 4.78 is 39.9. The Labute approximate surface area is 161 Å². The Kier molecular flexibility index (Phi) is 5.54. The van der Waals surface area contributed by atoms with E-state index >= 15 is 0 Å². The monoisotopic (exact) mass is 394 g/mol. The molecule has 1 aromatic heterocycles. The number of H-pyrrole nitrogens is 1. The molecule has 0 unspecified atom stereocenters. The highest BCUT2D eigenvalue weighted by Gasteiger charge is 2.33. The number of benzene rings is 2. The molecule has 2 aromatic carbocycles. The number of fused-ring (bicyclic) bond motifs is 1. The minimum Gasteiger partial charge on any atom is -0.354 e. The summed E-state index contributed by atoms with van der Waals surface area (Å²) in [6.45, 7) is 4.62. The number of aromatic amines is 1. The lowest BCUT2D eigenvalue weighted by atomic mass is 9.97. The molecule has 2 nitrogen and oxygen atoms in total. The summed E-state index contributed by atoms with van der Waals surface area (Å²) in [5.41, 5.74) is 10.2. The van der Waals surface area contributed by atoms with Gasteiger partial charge in [0, 0.05) is 16.6 Å². The molecule has 0 bridgehead atoms. The molecule has 27 heavy (non-hydrogen) atoms. The molecule has 0 aliphatic heterocycles. The Hall–Kier alpha value is -1.98. The number of halogens is 4. The molecule has 0 aliphatic rings. The van der Waals surface area contributed by atoms with E-state index in [1.54, 1.807) is 6.07 Å². The molecular weight excluding hydrogens is 373 g/mol. The van der Waals surface area contributed by atoms with Crippen LogP contribution in [0, 0.1) is 13.8 Å². The third kappa shape index (κ3) is 3.99. The molecule has 3 N–H and O–H groups in total. The molecule has 0 amide bonds. The minimum absolute atomic E-state index is 0.293. The van der Waals surface area contributed by atoms with Gasteiger partial charge in [0.1, 0.15) is 0 Å². The number of unbranched alkanes of at least 4 members (excludes halogenated alkanes) is 1. The Morgan fingerprint density at radius 1 is 1.07 bits per heavy atom. The molecule has 144 valence electrons. The molecule has 6 heteroatoms. The quantitative estimate of drug-likeness (QED) is 0.482. The fraction of sp³-hybridized carbons (Fsp3) is 0.333. The highest BCUT2D eigenvalue weighted by Crippen LogP contribution is 2.39. The smallest absolute Gasteiger partial charge is 0.354 e. The Balaban J connectivity index is 2.21. The van der Waals surface area contributed by atoms with Crippen molar-refractivity contribution in [2.45, 2.75) is 39.3 Å². The van der Waals surface area contributed by atoms with Crippen molar-refractivity contribution < 1.29 is 13.2 Å². The van der Waals surface area contributed by atoms with Gasteiger partial charge in [-0.1, -0.05) is 29.3 Å². The fourth-order valence-corrected chi connectivity index (χ4v) is 3.78. The first-order chi connectivity index (χ1) is 12.7. The van der Waals surface area contributed by atoms with Crippen LogP contribution in [0.5, 0.6) is 0 Å². The maximum absolute atomic E-state index is 13.3. The summed E-state index contributed by atoms with van der Waals surface area (Å²) in [6.07, 6.45) is -2.00. The first kappa shape index (κ1) is 19.8. The van der Waals surface area contributed by atoms with Gasteiger partial charge in [0.15, 0.2) is 0 Å². The third-order valence-electron chi connectivity index (χ3n) is 4.80. The highest BCUT2D eigenvalue weighted by atomic mass is 35.5. The topological polar surface area (TPSA) is 41.8 Å². The molecule has 0 radical (unpaired) electrons. The van der Waals surface area contributed by atoms with Gasteiger partial charge >= 0.3 is 6.18 Å². The van der Waals surface area contributed by atoms with Crippen molar-refractivity contribution in [1.29, 1.82) is 0 Å². The summed E-state index contributed by atoms with van der Waals surface area (Å²) in [7, 11) is 0. The lowest BCUT2D eigenvalue weighted by Gasteiger charge is -2.12. The molecule has 0 saturated heterocycles. The van der Waals surface area contributed by atoms with E-state index in [1.807, 2.05) is 13.8 Å². The van der Waals surface area contributed by atoms with Crippen LogP contribution >= 0.6 is 11.6 Å². The standard InChI is InChI=1S/C21H22ClF3N2/c1-12-9-13(2)19-16(10-12)15(5-3-4-8-26)20(27-19)14-6-7-18(22)17(11-14)21(23,24)25/h6-7,9-11,27H,3-5,8,26H2,1-2H3. The molecule has 0 aliphatic carbocycles. The largest absolute Gasteiger partial charge is 0.417 e. The number of rotatable bonds is 5. The number of aryl methyl sites for hydroxylation is 3. The van der Waals surface area contributed by atoms with Gasteiger partial charge in [-0.15, -0.1) is 0 Å². The van der Waals surface area contributed by atoms with E-state index in [9.17, 15) is 13.2 Å². The van der Waals surface area contributed by atoms with Gasteiger partial charge in [-0.05, 0) is 74.5 Å². The molecule has 0 spiro atoms. The lowest BCUT2D eigenvalue weighted by molar-refractivity contribution is -0.137. The van der Waals surface area contributed by atoms with Crippen LogP contribution in [0.25, 0.3) is 22.2 Å². The van der Waals surface area contributed by atoms with Crippen LogP contribution in [0.1, 0.15) is 35.1 Å². The van der Waals surface area contributed by atoms with Gasteiger partial charge in [-0.2, -0.15) is 13.2 Å². The Morgan fingerprint density at radius 2 is 1.81 bits per heavy atom. The third-order valence-corrected chi connectivity index (χ3v) is 5.13. The molecular formula is C21H22ClF3N2. The van der Waals surface area contributed by atoms with E-state index in [4.69, 9.17) is 17.3 Å². The van der Waals surface area contributed by atoms with E-state index in [0.29, 0.717) is 12.1 Å². The number of hydrogen-bond acceptors (Lipinski definition) is 1. The van der Waals surface area contributed by atoms with Crippen molar-refractivity contribution in [1.82, 2.24) is 4.98 Å². The second kappa shape index (κ2) is 7.56. The Bertz CT molecular complexity index is 974. The van der Waals surface area contributed by atoms with Crippen molar-refractivity contribution in [3.8, 4) is 11.3 Å². The van der Waals surface area contributed by atoms with Crippen LogP contribution in [0.3, 0.4) is 0 Å². The zero-order chi connectivity index (χ0) is 19.8. The van der Waals surface area contributed by atoms with Gasteiger partial charge in [0.2, 0.25) is 0 Å². The summed E-state index contributed by atoms with van der Waals surface area (Å²) in [5, 5.41) is 0.766. The van der Waals surface area contributed by atoms with Crippen LogP contribution in [0.2, 0.25) is 5.02 Å². The van der Waals surface area contributed by atoms with Crippen molar-refractivity contribution in [3.63, 3.8) is 0 Å². The number of nitrogens with two attached hydrogens (primary N) is 1. The number of nitrogens with one attached hydrogen (secondary N) is 1. The zero-order valence-electron chi connectivity index (χ0n) is 15.3. The molecule has 0 saturated carbocycles. The Morgan fingerprint density at radius 3 is 2.48 bits per heavy atom. The first-order valence-corrected chi connectivity index (χ1v) is 9.29. The predicted molar refractivity (Wildman–Crippen MR) is 105 cm³/mol. The van der Waals surface area contributed by atoms with Crippen molar-refractivity contribution in [3.05, 3.63) is 57.6 Å². The molecule has 1 heterocycles. The second-order valence-corrected chi connectivity index (χ2v) is 7.33. The van der Waals surface area contributed by atoms with Gasteiger partial charge in [-0.25, -0.2) is 0 Å². The number of aromatic nitrogens is 1. The van der Waals surface area contributed by atoms with Gasteiger partial charge in [0.05, 0.1) is 10.6 Å². The van der Waals surface area contributed by atoms with E-state index in [1.165, 1.54) is 6.07 Å². The van der Waals surface area contributed by atoms with Gasteiger partial charge in [-0.3, -0.25) is 0 Å². The van der Waals surface area contributed by atoms with Crippen molar-refractivity contribution in [2.75, 3.05) is 6.54 Å².